The Morgan fingerprint density at radius 2 is 1.71 bits per heavy atom. The molecule has 2 aromatic rings. The van der Waals surface area contributed by atoms with Gasteiger partial charge in [0.2, 0.25) is 0 Å². The van der Waals surface area contributed by atoms with E-state index in [1.165, 1.54) is 6.07 Å². The van der Waals surface area contributed by atoms with Crippen molar-refractivity contribution in [3.05, 3.63) is 58.1 Å². The Morgan fingerprint density at radius 1 is 1.00 bits per heavy atom. The summed E-state index contributed by atoms with van der Waals surface area (Å²) in [5, 5.41) is 0.732. The van der Waals surface area contributed by atoms with E-state index in [0.717, 1.165) is 5.75 Å². The summed E-state index contributed by atoms with van der Waals surface area (Å²) in [7, 11) is 0. The van der Waals surface area contributed by atoms with E-state index in [0.29, 0.717) is 47.3 Å². The van der Waals surface area contributed by atoms with Gasteiger partial charge in [-0.05, 0) is 24.3 Å². The third-order valence-electron chi connectivity index (χ3n) is 2.71. The molecule has 0 atom stereocenters. The predicted octanol–water partition coefficient (Wildman–Crippen LogP) is 4.65. The summed E-state index contributed by atoms with van der Waals surface area (Å²) in [6.07, 6.45) is 1.35. The van der Waals surface area contributed by atoms with E-state index in [-0.39, 0.29) is 0 Å². The third-order valence-corrected chi connectivity index (χ3v) is 3.21. The van der Waals surface area contributed by atoms with Gasteiger partial charge in [0.05, 0.1) is 23.8 Å². The lowest BCUT2D eigenvalue weighted by Crippen LogP contribution is -2.06. The van der Waals surface area contributed by atoms with Gasteiger partial charge in [0.1, 0.15) is 11.5 Å². The van der Waals surface area contributed by atoms with Gasteiger partial charge in [-0.3, -0.25) is 4.79 Å². The van der Waals surface area contributed by atoms with Crippen molar-refractivity contribution in [1.82, 2.24) is 0 Å². The summed E-state index contributed by atoms with van der Waals surface area (Å²) >= 11 is 11.9. The Morgan fingerprint density at radius 3 is 2.43 bits per heavy atom. The Bertz CT molecular complexity index is 600. The van der Waals surface area contributed by atoms with Gasteiger partial charge in [0.25, 0.3) is 0 Å². The van der Waals surface area contributed by atoms with E-state index < -0.39 is 0 Å². The van der Waals surface area contributed by atoms with Crippen molar-refractivity contribution >= 4 is 29.5 Å². The monoisotopic (exact) mass is 324 g/mol. The van der Waals surface area contributed by atoms with Crippen LogP contribution in [0.1, 0.15) is 16.8 Å². The van der Waals surface area contributed by atoms with E-state index in [4.69, 9.17) is 32.7 Å². The lowest BCUT2D eigenvalue weighted by atomic mass is 10.2. The van der Waals surface area contributed by atoms with Crippen LogP contribution in [0.4, 0.5) is 0 Å². The van der Waals surface area contributed by atoms with Gasteiger partial charge < -0.3 is 9.47 Å². The number of benzene rings is 2. The summed E-state index contributed by atoms with van der Waals surface area (Å²) in [6, 6.07) is 12.6. The predicted molar refractivity (Wildman–Crippen MR) is 83.9 cm³/mol. The lowest BCUT2D eigenvalue weighted by Gasteiger charge is -2.11. The fraction of sp³-hybridized carbons (Fsp3) is 0.188. The van der Waals surface area contributed by atoms with Gasteiger partial charge in [-0.2, -0.15) is 0 Å². The second-order valence-electron chi connectivity index (χ2n) is 4.29. The zero-order valence-corrected chi connectivity index (χ0v) is 12.7. The fourth-order valence-corrected chi connectivity index (χ4v) is 2.32. The van der Waals surface area contributed by atoms with E-state index in [9.17, 15) is 4.79 Å². The molecule has 0 aromatic heterocycles. The minimum atomic E-state index is 0.327. The highest BCUT2D eigenvalue weighted by molar-refractivity contribution is 6.36. The van der Waals surface area contributed by atoms with Crippen LogP contribution in [0.25, 0.3) is 0 Å². The van der Waals surface area contributed by atoms with Gasteiger partial charge in [-0.15, -0.1) is 0 Å². The second kappa shape index (κ2) is 7.91. The standard InChI is InChI=1S/C16H14Cl2O3/c17-13-9-12(11-19)16(15(18)10-13)21-8-4-7-20-14-5-2-1-3-6-14/h1-3,5-6,9-11H,4,7-8H2. The molecule has 0 amide bonds. The highest BCUT2D eigenvalue weighted by Crippen LogP contribution is 2.31. The maximum absolute atomic E-state index is 11.0. The van der Waals surface area contributed by atoms with Gasteiger partial charge in [-0.25, -0.2) is 0 Å². The molecule has 0 aliphatic heterocycles. The normalized spacial score (nSPS) is 10.2. The fourth-order valence-electron chi connectivity index (χ4n) is 1.76. The van der Waals surface area contributed by atoms with E-state index in [2.05, 4.69) is 0 Å². The second-order valence-corrected chi connectivity index (χ2v) is 5.13. The average Bonchev–Trinajstić information content (AvgIpc) is 2.49. The smallest absolute Gasteiger partial charge is 0.153 e. The maximum atomic E-state index is 11.0. The van der Waals surface area contributed by atoms with Crippen molar-refractivity contribution in [3.8, 4) is 11.5 Å². The van der Waals surface area contributed by atoms with Crippen LogP contribution in [-0.4, -0.2) is 19.5 Å². The number of carbonyl (C=O) groups excluding carboxylic acids is 1. The van der Waals surface area contributed by atoms with Crippen molar-refractivity contribution in [1.29, 1.82) is 0 Å². The molecule has 0 radical (unpaired) electrons. The molecule has 0 aliphatic rings. The SMILES string of the molecule is O=Cc1cc(Cl)cc(Cl)c1OCCCOc1ccccc1. The minimum Gasteiger partial charge on any atom is -0.493 e. The number of aldehydes is 1. The van der Waals surface area contributed by atoms with Crippen LogP contribution < -0.4 is 9.47 Å². The van der Waals surface area contributed by atoms with E-state index >= 15 is 0 Å². The van der Waals surface area contributed by atoms with Crippen LogP contribution in [0.15, 0.2) is 42.5 Å². The summed E-state index contributed by atoms with van der Waals surface area (Å²) in [5.74, 6) is 1.17. The zero-order valence-electron chi connectivity index (χ0n) is 11.2. The van der Waals surface area contributed by atoms with Crippen LogP contribution in [-0.2, 0) is 0 Å². The van der Waals surface area contributed by atoms with Gasteiger partial charge in [-0.1, -0.05) is 41.4 Å². The van der Waals surface area contributed by atoms with Crippen LogP contribution in [0.2, 0.25) is 10.0 Å². The van der Waals surface area contributed by atoms with E-state index in [1.807, 2.05) is 30.3 Å². The average molecular weight is 325 g/mol. The number of hydrogen-bond donors (Lipinski definition) is 0. The molecule has 0 spiro atoms. The maximum Gasteiger partial charge on any atom is 0.153 e. The molecule has 0 bridgehead atoms. The van der Waals surface area contributed by atoms with Crippen molar-refractivity contribution in [3.63, 3.8) is 0 Å². The molecule has 0 heterocycles. The molecule has 110 valence electrons. The molecule has 0 aliphatic carbocycles. The quantitative estimate of drug-likeness (QED) is 0.549. The molecule has 0 N–H and O–H groups in total. The summed E-state index contributed by atoms with van der Waals surface area (Å²) in [4.78, 5) is 11.0. The third kappa shape index (κ3) is 4.66. The van der Waals surface area contributed by atoms with Crippen LogP contribution in [0, 0.1) is 0 Å². The van der Waals surface area contributed by atoms with Crippen molar-refractivity contribution < 1.29 is 14.3 Å². The largest absolute Gasteiger partial charge is 0.493 e. The first kappa shape index (κ1) is 15.7. The Labute approximate surface area is 133 Å². The Balaban J connectivity index is 1.82. The highest BCUT2D eigenvalue weighted by atomic mass is 35.5. The number of halogens is 2. The molecular weight excluding hydrogens is 311 g/mol. The van der Waals surface area contributed by atoms with Gasteiger partial charge in [0, 0.05) is 11.4 Å². The van der Waals surface area contributed by atoms with Gasteiger partial charge >= 0.3 is 0 Å². The highest BCUT2D eigenvalue weighted by Gasteiger charge is 2.10. The Hall–Kier alpha value is -1.71. The summed E-state index contributed by atoms with van der Waals surface area (Å²) < 4.78 is 11.1. The first-order valence-electron chi connectivity index (χ1n) is 6.45. The summed E-state index contributed by atoms with van der Waals surface area (Å²) in [6.45, 7) is 0.917. The minimum absolute atomic E-state index is 0.327. The van der Waals surface area contributed by atoms with Gasteiger partial charge in [0.15, 0.2) is 6.29 Å². The first-order valence-corrected chi connectivity index (χ1v) is 7.21. The van der Waals surface area contributed by atoms with Crippen LogP contribution in [0.5, 0.6) is 11.5 Å². The summed E-state index contributed by atoms with van der Waals surface area (Å²) in [5.41, 5.74) is 0.344. The molecular formula is C16H14Cl2O3. The van der Waals surface area contributed by atoms with Crippen molar-refractivity contribution in [2.24, 2.45) is 0 Å². The van der Waals surface area contributed by atoms with Crippen LogP contribution >= 0.6 is 23.2 Å². The molecule has 3 nitrogen and oxygen atoms in total. The molecule has 21 heavy (non-hydrogen) atoms. The topological polar surface area (TPSA) is 35.5 Å². The molecule has 0 saturated carbocycles. The van der Waals surface area contributed by atoms with Crippen molar-refractivity contribution in [2.75, 3.05) is 13.2 Å². The molecule has 5 heteroatoms. The molecule has 2 aromatic carbocycles. The zero-order chi connectivity index (χ0) is 15.1. The van der Waals surface area contributed by atoms with Crippen LogP contribution in [0.3, 0.4) is 0 Å². The number of hydrogen-bond acceptors (Lipinski definition) is 3. The number of rotatable bonds is 7. The molecule has 2 rings (SSSR count). The van der Waals surface area contributed by atoms with E-state index in [1.54, 1.807) is 6.07 Å². The first-order chi connectivity index (χ1) is 10.2. The molecule has 0 unspecified atom stereocenters. The molecule has 0 fully saturated rings. The lowest BCUT2D eigenvalue weighted by molar-refractivity contribution is 0.111. The molecule has 0 saturated heterocycles. The number of ether oxygens (including phenoxy) is 2. The van der Waals surface area contributed by atoms with Crippen molar-refractivity contribution in [2.45, 2.75) is 6.42 Å². The number of para-hydroxylation sites is 1. The number of carbonyl (C=O) groups is 1. The Kier molecular flexibility index (Phi) is 5.90.